The van der Waals surface area contributed by atoms with Crippen LogP contribution < -0.4 is 9.46 Å². The van der Waals surface area contributed by atoms with Gasteiger partial charge in [0, 0.05) is 0 Å². The van der Waals surface area contributed by atoms with Crippen LogP contribution in [-0.2, 0) is 16.6 Å². The molecule has 128 valence electrons. The summed E-state index contributed by atoms with van der Waals surface area (Å²) in [6.07, 6.45) is 0.895. The molecule has 0 aliphatic heterocycles. The topological polar surface area (TPSA) is 72.5 Å². The van der Waals surface area contributed by atoms with Crippen molar-refractivity contribution in [3.8, 4) is 5.75 Å². The minimum Gasteiger partial charge on any atom is -0.487 e. The summed E-state index contributed by atoms with van der Waals surface area (Å²) in [6.45, 7) is 0.129. The van der Waals surface area contributed by atoms with E-state index in [4.69, 9.17) is 4.74 Å². The van der Waals surface area contributed by atoms with Crippen molar-refractivity contribution < 1.29 is 22.3 Å². The molecule has 0 bridgehead atoms. The first kappa shape index (κ1) is 18.4. The van der Waals surface area contributed by atoms with E-state index >= 15 is 0 Å². The van der Waals surface area contributed by atoms with Crippen LogP contribution in [0.1, 0.15) is 15.9 Å². The van der Waals surface area contributed by atoms with E-state index in [1.54, 1.807) is 0 Å². The van der Waals surface area contributed by atoms with Crippen LogP contribution in [0.15, 0.2) is 42.5 Å². The molecular weight excluding hydrogens is 401 g/mol. The van der Waals surface area contributed by atoms with E-state index in [0.717, 1.165) is 11.8 Å². The number of anilines is 1. The van der Waals surface area contributed by atoms with E-state index in [9.17, 15) is 17.6 Å². The Morgan fingerprint density at radius 1 is 1.21 bits per heavy atom. The summed E-state index contributed by atoms with van der Waals surface area (Å²) in [5, 5.41) is -0.0769. The maximum absolute atomic E-state index is 14.6. The Kier molecular flexibility index (Phi) is 5.95. The van der Waals surface area contributed by atoms with E-state index < -0.39 is 21.6 Å². The van der Waals surface area contributed by atoms with Crippen LogP contribution in [0.25, 0.3) is 0 Å². The average molecular weight is 416 g/mol. The number of hydrogen-bond donors (Lipinski definition) is 1. The van der Waals surface area contributed by atoms with Gasteiger partial charge in [-0.2, -0.15) is 0 Å². The van der Waals surface area contributed by atoms with E-state index in [0.29, 0.717) is 0 Å². The monoisotopic (exact) mass is 415 g/mol. The number of ether oxygens (including phenoxy) is 1. The molecule has 0 amide bonds. The van der Waals surface area contributed by atoms with Gasteiger partial charge in [-0.25, -0.2) is 12.8 Å². The van der Waals surface area contributed by atoms with Crippen LogP contribution in [0.2, 0.25) is 0 Å². The van der Waals surface area contributed by atoms with Gasteiger partial charge < -0.3 is 4.74 Å². The molecule has 0 aromatic heterocycles. The predicted octanol–water partition coefficient (Wildman–Crippen LogP) is 3.35. The molecule has 0 aliphatic carbocycles. The van der Waals surface area contributed by atoms with Crippen LogP contribution in [0.4, 0.5) is 10.1 Å². The molecule has 2 rings (SSSR count). The predicted molar refractivity (Wildman–Crippen MR) is 93.8 cm³/mol. The summed E-state index contributed by atoms with van der Waals surface area (Å²) >= 11 is 2.97. The highest BCUT2D eigenvalue weighted by molar-refractivity contribution is 9.09. The highest BCUT2D eigenvalue weighted by Gasteiger charge is 2.21. The third kappa shape index (κ3) is 4.78. The van der Waals surface area contributed by atoms with E-state index in [1.807, 2.05) is 30.3 Å². The van der Waals surface area contributed by atoms with Crippen molar-refractivity contribution in [3.63, 3.8) is 0 Å². The van der Waals surface area contributed by atoms with Gasteiger partial charge in [-0.1, -0.05) is 46.3 Å². The van der Waals surface area contributed by atoms with Crippen molar-refractivity contribution in [2.75, 3.05) is 16.3 Å². The zero-order valence-electron chi connectivity index (χ0n) is 12.8. The first-order valence-corrected chi connectivity index (χ1v) is 9.89. The zero-order chi connectivity index (χ0) is 17.7. The first-order chi connectivity index (χ1) is 11.3. The molecule has 5 nitrogen and oxygen atoms in total. The second kappa shape index (κ2) is 7.76. The van der Waals surface area contributed by atoms with Gasteiger partial charge in [0.25, 0.3) is 0 Å². The fraction of sp³-hybridized carbons (Fsp3) is 0.188. The fourth-order valence-electron chi connectivity index (χ4n) is 1.98. The molecule has 8 heteroatoms. The van der Waals surface area contributed by atoms with E-state index in [2.05, 4.69) is 20.7 Å². The lowest BCUT2D eigenvalue weighted by Gasteiger charge is -2.15. The van der Waals surface area contributed by atoms with Gasteiger partial charge in [0.05, 0.1) is 17.1 Å². The summed E-state index contributed by atoms with van der Waals surface area (Å²) in [6, 6.07) is 11.8. The Labute approximate surface area is 148 Å². The van der Waals surface area contributed by atoms with Crippen molar-refractivity contribution in [2.45, 2.75) is 6.61 Å². The number of rotatable bonds is 7. The molecule has 1 N–H and O–H groups in total. The summed E-state index contributed by atoms with van der Waals surface area (Å²) in [5.74, 6) is -1.46. The maximum atomic E-state index is 14.6. The van der Waals surface area contributed by atoms with Crippen molar-refractivity contribution in [3.05, 3.63) is 59.4 Å². The molecule has 0 unspecified atom stereocenters. The standard InChI is InChI=1S/C16H15BrFNO4S/c1-24(21,22)19-16-14(23-10-11-5-3-2-4-6-11)8-7-12(15(16)18)13(20)9-17/h2-8,19H,9-10H2,1H3. The van der Waals surface area contributed by atoms with Crippen molar-refractivity contribution in [1.82, 2.24) is 0 Å². The third-order valence-electron chi connectivity index (χ3n) is 3.05. The Morgan fingerprint density at radius 2 is 1.88 bits per heavy atom. The molecule has 2 aromatic rings. The van der Waals surface area contributed by atoms with Crippen LogP contribution in [0.3, 0.4) is 0 Å². The molecule has 0 radical (unpaired) electrons. The summed E-state index contributed by atoms with van der Waals surface area (Å²) in [5.41, 5.74) is 0.245. The normalized spacial score (nSPS) is 11.1. The number of carbonyl (C=O) groups excluding carboxylic acids is 1. The molecule has 0 saturated heterocycles. The smallest absolute Gasteiger partial charge is 0.230 e. The van der Waals surface area contributed by atoms with Gasteiger partial charge in [0.1, 0.15) is 18.0 Å². The highest BCUT2D eigenvalue weighted by atomic mass is 79.9. The maximum Gasteiger partial charge on any atom is 0.230 e. The largest absolute Gasteiger partial charge is 0.487 e. The number of ketones is 1. The fourth-order valence-corrected chi connectivity index (χ4v) is 2.84. The van der Waals surface area contributed by atoms with Gasteiger partial charge >= 0.3 is 0 Å². The molecule has 0 aliphatic rings. The number of halogens is 2. The number of Topliss-reactive ketones (excluding diaryl/α,β-unsaturated/α-hetero) is 1. The number of alkyl halides is 1. The lowest BCUT2D eigenvalue weighted by Crippen LogP contribution is -2.15. The van der Waals surface area contributed by atoms with Crippen molar-refractivity contribution in [2.24, 2.45) is 0 Å². The van der Waals surface area contributed by atoms with Gasteiger partial charge in [-0.05, 0) is 17.7 Å². The molecule has 24 heavy (non-hydrogen) atoms. The van der Waals surface area contributed by atoms with E-state index in [-0.39, 0.29) is 28.9 Å². The Balaban J connectivity index is 2.38. The van der Waals surface area contributed by atoms with Gasteiger partial charge in [0.2, 0.25) is 10.0 Å². The number of sulfonamides is 1. The van der Waals surface area contributed by atoms with Gasteiger partial charge in [0.15, 0.2) is 11.6 Å². The number of carbonyl (C=O) groups is 1. The lowest BCUT2D eigenvalue weighted by molar-refractivity contribution is 0.102. The van der Waals surface area contributed by atoms with Crippen LogP contribution in [-0.4, -0.2) is 25.8 Å². The Hall–Kier alpha value is -1.93. The molecule has 0 spiro atoms. The quantitative estimate of drug-likeness (QED) is 0.555. The van der Waals surface area contributed by atoms with Crippen LogP contribution in [0.5, 0.6) is 5.75 Å². The first-order valence-electron chi connectivity index (χ1n) is 6.88. The second-order valence-electron chi connectivity index (χ2n) is 5.01. The van der Waals surface area contributed by atoms with Gasteiger partial charge in [-0.15, -0.1) is 0 Å². The molecule has 0 heterocycles. The molecule has 2 aromatic carbocycles. The highest BCUT2D eigenvalue weighted by Crippen LogP contribution is 2.32. The van der Waals surface area contributed by atoms with Crippen molar-refractivity contribution >= 4 is 37.4 Å². The average Bonchev–Trinajstić information content (AvgIpc) is 2.54. The lowest BCUT2D eigenvalue weighted by atomic mass is 10.1. The summed E-state index contributed by atoms with van der Waals surface area (Å²) in [7, 11) is -3.75. The van der Waals surface area contributed by atoms with Crippen LogP contribution in [0, 0.1) is 5.82 Å². The van der Waals surface area contributed by atoms with Crippen molar-refractivity contribution in [1.29, 1.82) is 0 Å². The third-order valence-corrected chi connectivity index (χ3v) is 4.13. The summed E-state index contributed by atoms with van der Waals surface area (Å²) in [4.78, 5) is 11.7. The number of nitrogens with one attached hydrogen (secondary N) is 1. The minimum absolute atomic E-state index is 0.00732. The van der Waals surface area contributed by atoms with Gasteiger partial charge in [-0.3, -0.25) is 9.52 Å². The SMILES string of the molecule is CS(=O)(=O)Nc1c(OCc2ccccc2)ccc(C(=O)CBr)c1F. The Morgan fingerprint density at radius 3 is 2.46 bits per heavy atom. The zero-order valence-corrected chi connectivity index (χ0v) is 15.2. The van der Waals surface area contributed by atoms with Crippen LogP contribution >= 0.6 is 15.9 Å². The number of hydrogen-bond acceptors (Lipinski definition) is 4. The molecule has 0 fully saturated rings. The Bertz CT molecular complexity index is 841. The summed E-state index contributed by atoms with van der Waals surface area (Å²) < 4.78 is 45.2. The number of benzene rings is 2. The molecule has 0 saturated carbocycles. The molecule has 0 atom stereocenters. The minimum atomic E-state index is -3.75. The molecular formula is C16H15BrFNO4S. The van der Waals surface area contributed by atoms with E-state index in [1.165, 1.54) is 12.1 Å². The second-order valence-corrected chi connectivity index (χ2v) is 7.31.